The lowest BCUT2D eigenvalue weighted by Gasteiger charge is -2.11. The second-order valence-electron chi connectivity index (χ2n) is 5.20. The third-order valence-corrected chi connectivity index (χ3v) is 3.01. The predicted molar refractivity (Wildman–Crippen MR) is 83.5 cm³/mol. The number of nitrogens with one attached hydrogen (secondary N) is 1. The molecule has 0 aliphatic heterocycles. The molecule has 0 saturated carbocycles. The number of benzene rings is 1. The molecule has 1 aromatic carbocycles. The highest BCUT2D eigenvalue weighted by atomic mass is 16.5. The van der Waals surface area contributed by atoms with Crippen molar-refractivity contribution in [1.29, 1.82) is 0 Å². The maximum atomic E-state index is 10.9. The Morgan fingerprint density at radius 2 is 1.95 bits per heavy atom. The van der Waals surface area contributed by atoms with Gasteiger partial charge in [0.1, 0.15) is 11.6 Å². The normalized spacial score (nSPS) is 10.7. The van der Waals surface area contributed by atoms with E-state index in [1.165, 1.54) is 0 Å². The number of anilines is 2. The average Bonchev–Trinajstić information content (AvgIpc) is 2.48. The van der Waals surface area contributed by atoms with Crippen LogP contribution in [0, 0.1) is 0 Å². The first kappa shape index (κ1) is 15.9. The molecule has 0 radical (unpaired) electrons. The van der Waals surface area contributed by atoms with Gasteiger partial charge in [0.25, 0.3) is 0 Å². The second kappa shape index (κ2) is 7.00. The lowest BCUT2D eigenvalue weighted by molar-refractivity contribution is 0.0697. The van der Waals surface area contributed by atoms with Crippen molar-refractivity contribution in [3.63, 3.8) is 0 Å². The number of aromatic carboxylic acids is 1. The van der Waals surface area contributed by atoms with Gasteiger partial charge in [0, 0.05) is 24.8 Å². The van der Waals surface area contributed by atoms with Crippen molar-refractivity contribution in [3.05, 3.63) is 47.4 Å². The molecular weight excluding hydrogens is 282 g/mol. The number of methoxy groups -OCH3 is 1. The molecule has 2 aromatic rings. The summed E-state index contributed by atoms with van der Waals surface area (Å²) in [6, 6.07) is 8.32. The van der Waals surface area contributed by atoms with Gasteiger partial charge in [0.2, 0.25) is 0 Å². The van der Waals surface area contributed by atoms with Crippen molar-refractivity contribution in [3.8, 4) is 0 Å². The molecular formula is C16H19N3O3. The standard InChI is InChI=1S/C16H19N3O3/c1-10(2)15-18-13(9-22-3)8-14(19-15)17-12-6-4-11(5-7-12)16(20)21/h4-8,10H,9H2,1-3H3,(H,20,21)(H,17,18,19). The van der Waals surface area contributed by atoms with Crippen LogP contribution in [0.4, 0.5) is 11.5 Å². The minimum absolute atomic E-state index is 0.201. The first-order valence-corrected chi connectivity index (χ1v) is 6.96. The highest BCUT2D eigenvalue weighted by Gasteiger charge is 2.09. The summed E-state index contributed by atoms with van der Waals surface area (Å²) >= 11 is 0. The van der Waals surface area contributed by atoms with Crippen molar-refractivity contribution in [2.75, 3.05) is 12.4 Å². The quantitative estimate of drug-likeness (QED) is 0.852. The van der Waals surface area contributed by atoms with E-state index in [1.54, 1.807) is 31.4 Å². The molecule has 2 rings (SSSR count). The minimum Gasteiger partial charge on any atom is -0.478 e. The molecule has 2 N–H and O–H groups in total. The van der Waals surface area contributed by atoms with Gasteiger partial charge in [-0.3, -0.25) is 0 Å². The number of carboxylic acids is 1. The first-order chi connectivity index (χ1) is 10.5. The highest BCUT2D eigenvalue weighted by Crippen LogP contribution is 2.19. The van der Waals surface area contributed by atoms with Gasteiger partial charge in [-0.15, -0.1) is 0 Å². The van der Waals surface area contributed by atoms with Gasteiger partial charge in [0.05, 0.1) is 17.9 Å². The Balaban J connectivity index is 2.25. The Morgan fingerprint density at radius 3 is 2.50 bits per heavy atom. The number of aromatic nitrogens is 2. The molecule has 6 heteroatoms. The number of rotatable bonds is 6. The van der Waals surface area contributed by atoms with Crippen LogP contribution in [-0.4, -0.2) is 28.2 Å². The number of hydrogen-bond acceptors (Lipinski definition) is 5. The fourth-order valence-corrected chi connectivity index (χ4v) is 1.91. The van der Waals surface area contributed by atoms with E-state index in [2.05, 4.69) is 15.3 Å². The van der Waals surface area contributed by atoms with Crippen molar-refractivity contribution >= 4 is 17.5 Å². The first-order valence-electron chi connectivity index (χ1n) is 6.96. The molecule has 6 nitrogen and oxygen atoms in total. The van der Waals surface area contributed by atoms with E-state index < -0.39 is 5.97 Å². The monoisotopic (exact) mass is 301 g/mol. The molecule has 0 unspecified atom stereocenters. The molecule has 1 aromatic heterocycles. The zero-order valence-corrected chi connectivity index (χ0v) is 12.8. The predicted octanol–water partition coefficient (Wildman–Crippen LogP) is 3.19. The van der Waals surface area contributed by atoms with E-state index in [4.69, 9.17) is 9.84 Å². The van der Waals surface area contributed by atoms with Gasteiger partial charge in [-0.2, -0.15) is 0 Å². The molecule has 1 heterocycles. The van der Waals surface area contributed by atoms with E-state index in [9.17, 15) is 4.79 Å². The molecule has 0 amide bonds. The van der Waals surface area contributed by atoms with Crippen molar-refractivity contribution in [2.24, 2.45) is 0 Å². The number of ether oxygens (including phenoxy) is 1. The van der Waals surface area contributed by atoms with E-state index in [0.29, 0.717) is 12.4 Å². The number of carbonyl (C=O) groups is 1. The molecule has 0 saturated heterocycles. The SMILES string of the molecule is COCc1cc(Nc2ccc(C(=O)O)cc2)nc(C(C)C)n1. The summed E-state index contributed by atoms with van der Waals surface area (Å²) in [7, 11) is 1.62. The summed E-state index contributed by atoms with van der Waals surface area (Å²) in [5, 5.41) is 12.1. The second-order valence-corrected chi connectivity index (χ2v) is 5.20. The van der Waals surface area contributed by atoms with E-state index >= 15 is 0 Å². The zero-order chi connectivity index (χ0) is 16.1. The van der Waals surface area contributed by atoms with E-state index in [0.717, 1.165) is 17.2 Å². The fourth-order valence-electron chi connectivity index (χ4n) is 1.91. The Morgan fingerprint density at radius 1 is 1.27 bits per heavy atom. The summed E-state index contributed by atoms with van der Waals surface area (Å²) in [5.74, 6) is 0.651. The lowest BCUT2D eigenvalue weighted by Crippen LogP contribution is -2.06. The van der Waals surface area contributed by atoms with Crippen LogP contribution in [0.2, 0.25) is 0 Å². The average molecular weight is 301 g/mol. The zero-order valence-electron chi connectivity index (χ0n) is 12.8. The number of nitrogens with zero attached hydrogens (tertiary/aromatic N) is 2. The van der Waals surface area contributed by atoms with Gasteiger partial charge in [-0.05, 0) is 24.3 Å². The summed E-state index contributed by atoms with van der Waals surface area (Å²) in [6.07, 6.45) is 0. The minimum atomic E-state index is -0.946. The maximum Gasteiger partial charge on any atom is 0.335 e. The molecule has 116 valence electrons. The molecule has 0 bridgehead atoms. The molecule has 22 heavy (non-hydrogen) atoms. The third-order valence-electron chi connectivity index (χ3n) is 3.01. The Labute approximate surface area is 129 Å². The summed E-state index contributed by atoms with van der Waals surface area (Å²) in [4.78, 5) is 19.8. The molecule has 0 aliphatic rings. The molecule has 0 fully saturated rings. The number of hydrogen-bond donors (Lipinski definition) is 2. The van der Waals surface area contributed by atoms with Gasteiger partial charge in [0.15, 0.2) is 0 Å². The lowest BCUT2D eigenvalue weighted by atomic mass is 10.2. The van der Waals surface area contributed by atoms with Crippen LogP contribution < -0.4 is 5.32 Å². The van der Waals surface area contributed by atoms with E-state index in [1.807, 2.05) is 19.9 Å². The maximum absolute atomic E-state index is 10.9. The molecule has 0 spiro atoms. The van der Waals surface area contributed by atoms with Gasteiger partial charge in [-0.1, -0.05) is 13.8 Å². The Bertz CT molecular complexity index is 654. The van der Waals surface area contributed by atoms with Crippen LogP contribution in [0.3, 0.4) is 0 Å². The summed E-state index contributed by atoms with van der Waals surface area (Å²) in [6.45, 7) is 4.46. The number of carboxylic acid groups (broad SMARTS) is 1. The van der Waals surface area contributed by atoms with Crippen LogP contribution in [0.15, 0.2) is 30.3 Å². The largest absolute Gasteiger partial charge is 0.478 e. The summed E-state index contributed by atoms with van der Waals surface area (Å²) < 4.78 is 5.13. The van der Waals surface area contributed by atoms with Crippen molar-refractivity contribution in [1.82, 2.24) is 9.97 Å². The van der Waals surface area contributed by atoms with Gasteiger partial charge >= 0.3 is 5.97 Å². The molecule has 0 atom stereocenters. The van der Waals surface area contributed by atoms with Gasteiger partial charge < -0.3 is 15.2 Å². The van der Waals surface area contributed by atoms with Crippen LogP contribution >= 0.6 is 0 Å². The van der Waals surface area contributed by atoms with Crippen molar-refractivity contribution < 1.29 is 14.6 Å². The summed E-state index contributed by atoms with van der Waals surface area (Å²) in [5.41, 5.74) is 1.81. The van der Waals surface area contributed by atoms with Gasteiger partial charge in [-0.25, -0.2) is 14.8 Å². The Hall–Kier alpha value is -2.47. The smallest absolute Gasteiger partial charge is 0.335 e. The van der Waals surface area contributed by atoms with E-state index in [-0.39, 0.29) is 11.5 Å². The van der Waals surface area contributed by atoms with Crippen LogP contribution in [0.25, 0.3) is 0 Å². The topological polar surface area (TPSA) is 84.3 Å². The fraction of sp³-hybridized carbons (Fsp3) is 0.312. The van der Waals surface area contributed by atoms with Crippen LogP contribution in [-0.2, 0) is 11.3 Å². The van der Waals surface area contributed by atoms with Crippen LogP contribution in [0.1, 0.15) is 41.6 Å². The third kappa shape index (κ3) is 4.02. The van der Waals surface area contributed by atoms with Crippen molar-refractivity contribution in [2.45, 2.75) is 26.4 Å². The molecule has 0 aliphatic carbocycles. The highest BCUT2D eigenvalue weighted by molar-refractivity contribution is 5.88. The Kier molecular flexibility index (Phi) is 5.06. The van der Waals surface area contributed by atoms with Crippen LogP contribution in [0.5, 0.6) is 0 Å².